The van der Waals surface area contributed by atoms with Crippen molar-refractivity contribution in [2.75, 3.05) is 10.6 Å². The lowest BCUT2D eigenvalue weighted by Gasteiger charge is -2.15. The SMILES string of the molecule is Cc1ccc(F)c2c1NC(C(=O)Nc1cccc(C3(N)CC3)c1)C2. The minimum absolute atomic E-state index is 0.163. The summed E-state index contributed by atoms with van der Waals surface area (Å²) in [6.45, 7) is 1.91. The molecule has 1 aliphatic carbocycles. The van der Waals surface area contributed by atoms with Crippen LogP contribution in [0.15, 0.2) is 36.4 Å². The van der Waals surface area contributed by atoms with E-state index in [2.05, 4.69) is 10.6 Å². The number of halogens is 1. The first kappa shape index (κ1) is 15.1. The first-order chi connectivity index (χ1) is 11.5. The first-order valence-corrected chi connectivity index (χ1v) is 8.21. The van der Waals surface area contributed by atoms with E-state index < -0.39 is 6.04 Å². The molecule has 0 radical (unpaired) electrons. The summed E-state index contributed by atoms with van der Waals surface area (Å²) in [5.41, 5.74) is 10.0. The number of fused-ring (bicyclic) bond motifs is 1. The molecular weight excluding hydrogens is 305 g/mol. The van der Waals surface area contributed by atoms with E-state index in [4.69, 9.17) is 5.73 Å². The van der Waals surface area contributed by atoms with Crippen LogP contribution in [0.5, 0.6) is 0 Å². The third-order valence-electron chi connectivity index (χ3n) is 5.00. The average molecular weight is 325 g/mol. The molecular formula is C19H20FN3O. The maximum Gasteiger partial charge on any atom is 0.247 e. The summed E-state index contributed by atoms with van der Waals surface area (Å²) in [5, 5.41) is 6.06. The summed E-state index contributed by atoms with van der Waals surface area (Å²) in [6, 6.07) is 10.4. The van der Waals surface area contributed by atoms with Crippen LogP contribution in [0, 0.1) is 12.7 Å². The quantitative estimate of drug-likeness (QED) is 0.812. The number of hydrogen-bond donors (Lipinski definition) is 3. The van der Waals surface area contributed by atoms with Gasteiger partial charge in [0.1, 0.15) is 11.9 Å². The van der Waals surface area contributed by atoms with E-state index in [1.807, 2.05) is 31.2 Å². The second-order valence-electron chi connectivity index (χ2n) is 6.85. The van der Waals surface area contributed by atoms with Gasteiger partial charge in [-0.3, -0.25) is 4.79 Å². The van der Waals surface area contributed by atoms with E-state index in [9.17, 15) is 9.18 Å². The highest BCUT2D eigenvalue weighted by Gasteiger charge is 2.40. The Labute approximate surface area is 140 Å². The summed E-state index contributed by atoms with van der Waals surface area (Å²) in [5.74, 6) is -0.428. The third kappa shape index (κ3) is 2.55. The van der Waals surface area contributed by atoms with Crippen LogP contribution in [0.4, 0.5) is 15.8 Å². The fourth-order valence-corrected chi connectivity index (χ4v) is 3.29. The van der Waals surface area contributed by atoms with Crippen LogP contribution in [0.2, 0.25) is 0 Å². The van der Waals surface area contributed by atoms with E-state index >= 15 is 0 Å². The molecule has 5 heteroatoms. The van der Waals surface area contributed by atoms with E-state index in [0.717, 1.165) is 35.3 Å². The Kier molecular flexibility index (Phi) is 3.35. The zero-order valence-electron chi connectivity index (χ0n) is 13.5. The van der Waals surface area contributed by atoms with Crippen molar-refractivity contribution in [2.45, 2.75) is 37.8 Å². The fourth-order valence-electron chi connectivity index (χ4n) is 3.29. The normalized spacial score (nSPS) is 20.2. The average Bonchev–Trinajstić information content (AvgIpc) is 3.15. The Bertz CT molecular complexity index is 798. The van der Waals surface area contributed by atoms with Crippen molar-refractivity contribution in [2.24, 2.45) is 5.73 Å². The summed E-state index contributed by atoms with van der Waals surface area (Å²) in [7, 11) is 0. The van der Waals surface area contributed by atoms with Gasteiger partial charge in [0.15, 0.2) is 0 Å². The van der Waals surface area contributed by atoms with Crippen molar-refractivity contribution in [1.29, 1.82) is 0 Å². The van der Waals surface area contributed by atoms with Crippen molar-refractivity contribution in [3.05, 3.63) is 58.9 Å². The maximum atomic E-state index is 13.9. The second kappa shape index (κ2) is 5.31. The van der Waals surface area contributed by atoms with Crippen LogP contribution in [0.3, 0.4) is 0 Å². The Hall–Kier alpha value is -2.40. The highest BCUT2D eigenvalue weighted by molar-refractivity contribution is 5.98. The molecule has 24 heavy (non-hydrogen) atoms. The van der Waals surface area contributed by atoms with Gasteiger partial charge in [-0.05, 0) is 49.1 Å². The summed E-state index contributed by atoms with van der Waals surface area (Å²) >= 11 is 0. The van der Waals surface area contributed by atoms with Gasteiger partial charge in [-0.25, -0.2) is 4.39 Å². The number of carbonyl (C=O) groups is 1. The van der Waals surface area contributed by atoms with Gasteiger partial charge >= 0.3 is 0 Å². The Morgan fingerprint density at radius 1 is 1.33 bits per heavy atom. The van der Waals surface area contributed by atoms with Crippen molar-refractivity contribution < 1.29 is 9.18 Å². The molecule has 1 saturated carbocycles. The van der Waals surface area contributed by atoms with Crippen molar-refractivity contribution in [3.63, 3.8) is 0 Å². The Balaban J connectivity index is 1.50. The van der Waals surface area contributed by atoms with Crippen LogP contribution in [-0.2, 0) is 16.8 Å². The predicted octanol–water partition coefficient (Wildman–Crippen LogP) is 3.06. The number of rotatable bonds is 3. The lowest BCUT2D eigenvalue weighted by atomic mass is 10.0. The molecule has 0 bridgehead atoms. The monoisotopic (exact) mass is 325 g/mol. The van der Waals surface area contributed by atoms with Gasteiger partial charge in [-0.1, -0.05) is 18.2 Å². The van der Waals surface area contributed by atoms with E-state index in [1.165, 1.54) is 6.07 Å². The zero-order valence-corrected chi connectivity index (χ0v) is 13.5. The third-order valence-corrected chi connectivity index (χ3v) is 5.00. The smallest absolute Gasteiger partial charge is 0.247 e. The Morgan fingerprint density at radius 3 is 2.83 bits per heavy atom. The molecule has 4 N–H and O–H groups in total. The van der Waals surface area contributed by atoms with E-state index in [1.54, 1.807) is 6.07 Å². The standard InChI is InChI=1S/C19H20FN3O/c1-11-5-6-15(20)14-10-16(23-17(11)14)18(24)22-13-4-2-3-12(9-13)19(21)7-8-19/h2-6,9,16,23H,7-8,10,21H2,1H3,(H,22,24). The number of anilines is 2. The summed E-state index contributed by atoms with van der Waals surface area (Å²) in [6.07, 6.45) is 2.31. The van der Waals surface area contributed by atoms with Crippen LogP contribution >= 0.6 is 0 Å². The molecule has 1 aliphatic heterocycles. The van der Waals surface area contributed by atoms with Gasteiger partial charge < -0.3 is 16.4 Å². The molecule has 0 spiro atoms. The van der Waals surface area contributed by atoms with Gasteiger partial charge in [0.25, 0.3) is 0 Å². The topological polar surface area (TPSA) is 67.2 Å². The van der Waals surface area contributed by atoms with Gasteiger partial charge in [0, 0.05) is 28.9 Å². The summed E-state index contributed by atoms with van der Waals surface area (Å²) in [4.78, 5) is 12.6. The molecule has 1 fully saturated rings. The minimum Gasteiger partial charge on any atom is -0.373 e. The molecule has 2 aromatic rings. The maximum absolute atomic E-state index is 13.9. The second-order valence-corrected chi connectivity index (χ2v) is 6.85. The van der Waals surface area contributed by atoms with Gasteiger partial charge in [-0.2, -0.15) is 0 Å². The van der Waals surface area contributed by atoms with E-state index in [0.29, 0.717) is 12.0 Å². The molecule has 1 heterocycles. The zero-order chi connectivity index (χ0) is 16.9. The molecule has 4 rings (SSSR count). The molecule has 2 aromatic carbocycles. The molecule has 0 aromatic heterocycles. The number of benzene rings is 2. The number of nitrogens with one attached hydrogen (secondary N) is 2. The van der Waals surface area contributed by atoms with Crippen molar-refractivity contribution in [3.8, 4) is 0 Å². The number of carbonyl (C=O) groups excluding carboxylic acids is 1. The van der Waals surface area contributed by atoms with Gasteiger partial charge in [0.2, 0.25) is 5.91 Å². The largest absolute Gasteiger partial charge is 0.373 e. The number of amides is 1. The predicted molar refractivity (Wildman–Crippen MR) is 92.4 cm³/mol. The fraction of sp³-hybridized carbons (Fsp3) is 0.316. The lowest BCUT2D eigenvalue weighted by molar-refractivity contribution is -0.116. The van der Waals surface area contributed by atoms with Crippen molar-refractivity contribution >= 4 is 17.3 Å². The molecule has 124 valence electrons. The van der Waals surface area contributed by atoms with Crippen LogP contribution in [0.1, 0.15) is 29.5 Å². The number of nitrogens with two attached hydrogens (primary N) is 1. The number of hydrogen-bond acceptors (Lipinski definition) is 3. The minimum atomic E-state index is -0.466. The van der Waals surface area contributed by atoms with E-state index in [-0.39, 0.29) is 17.3 Å². The molecule has 4 nitrogen and oxygen atoms in total. The highest BCUT2D eigenvalue weighted by atomic mass is 19.1. The summed E-state index contributed by atoms with van der Waals surface area (Å²) < 4.78 is 13.9. The van der Waals surface area contributed by atoms with Gasteiger partial charge in [-0.15, -0.1) is 0 Å². The molecule has 0 saturated heterocycles. The highest BCUT2D eigenvalue weighted by Crippen LogP contribution is 2.43. The van der Waals surface area contributed by atoms with Crippen LogP contribution in [0.25, 0.3) is 0 Å². The van der Waals surface area contributed by atoms with Crippen LogP contribution in [-0.4, -0.2) is 11.9 Å². The Morgan fingerprint density at radius 2 is 2.12 bits per heavy atom. The van der Waals surface area contributed by atoms with Gasteiger partial charge in [0.05, 0.1) is 0 Å². The van der Waals surface area contributed by atoms with Crippen LogP contribution < -0.4 is 16.4 Å². The molecule has 1 atom stereocenters. The lowest BCUT2D eigenvalue weighted by Crippen LogP contribution is -2.33. The molecule has 1 amide bonds. The number of aryl methyl sites for hydroxylation is 1. The first-order valence-electron chi connectivity index (χ1n) is 8.21. The molecule has 1 unspecified atom stereocenters. The van der Waals surface area contributed by atoms with Crippen molar-refractivity contribution in [1.82, 2.24) is 0 Å². The molecule has 2 aliphatic rings.